The zero-order chi connectivity index (χ0) is 15.4. The van der Waals surface area contributed by atoms with E-state index in [2.05, 4.69) is 5.32 Å². The van der Waals surface area contributed by atoms with E-state index >= 15 is 0 Å². The Balaban J connectivity index is 2.26. The molecule has 1 unspecified atom stereocenters. The van der Waals surface area contributed by atoms with Crippen LogP contribution in [-0.2, 0) is 0 Å². The van der Waals surface area contributed by atoms with Gasteiger partial charge in [-0.2, -0.15) is 0 Å². The number of para-hydroxylation sites is 1. The second kappa shape index (κ2) is 7.26. The van der Waals surface area contributed by atoms with Crippen molar-refractivity contribution in [2.45, 2.75) is 19.9 Å². The van der Waals surface area contributed by atoms with Crippen molar-refractivity contribution in [2.75, 3.05) is 11.9 Å². The standard InChI is InChI=1S/C16H16Cl3NO/c1-3-21-16-7-5-4-6-11(16)10(2)20-15-9-13(18)12(17)8-14(15)19/h4-10,20H,3H2,1-2H3. The molecule has 1 N–H and O–H groups in total. The van der Waals surface area contributed by atoms with E-state index in [0.717, 1.165) is 17.0 Å². The van der Waals surface area contributed by atoms with E-state index in [4.69, 9.17) is 39.5 Å². The van der Waals surface area contributed by atoms with Crippen LogP contribution < -0.4 is 10.1 Å². The molecule has 0 heterocycles. The molecule has 0 saturated carbocycles. The minimum absolute atomic E-state index is 0.0162. The molecule has 2 rings (SSSR count). The first-order chi connectivity index (χ1) is 10.0. The van der Waals surface area contributed by atoms with Gasteiger partial charge in [-0.05, 0) is 32.0 Å². The highest BCUT2D eigenvalue weighted by atomic mass is 35.5. The maximum Gasteiger partial charge on any atom is 0.124 e. The topological polar surface area (TPSA) is 21.3 Å². The van der Waals surface area contributed by atoms with Crippen LogP contribution in [0.4, 0.5) is 5.69 Å². The molecule has 5 heteroatoms. The largest absolute Gasteiger partial charge is 0.494 e. The smallest absolute Gasteiger partial charge is 0.124 e. The highest BCUT2D eigenvalue weighted by Gasteiger charge is 2.13. The second-order valence-corrected chi connectivity index (χ2v) is 5.80. The number of anilines is 1. The Hall–Kier alpha value is -1.09. The van der Waals surface area contributed by atoms with E-state index in [-0.39, 0.29) is 6.04 Å². The van der Waals surface area contributed by atoms with Crippen LogP contribution in [0.15, 0.2) is 36.4 Å². The molecule has 0 bridgehead atoms. The maximum atomic E-state index is 6.20. The van der Waals surface area contributed by atoms with Crippen LogP contribution in [0.3, 0.4) is 0 Å². The third-order valence-electron chi connectivity index (χ3n) is 3.07. The van der Waals surface area contributed by atoms with Gasteiger partial charge in [0.25, 0.3) is 0 Å². The zero-order valence-corrected chi connectivity index (χ0v) is 14.1. The van der Waals surface area contributed by atoms with Crippen LogP contribution in [-0.4, -0.2) is 6.61 Å². The van der Waals surface area contributed by atoms with Gasteiger partial charge in [0.1, 0.15) is 5.75 Å². The Labute approximate surface area is 140 Å². The van der Waals surface area contributed by atoms with Gasteiger partial charge in [0.15, 0.2) is 0 Å². The lowest BCUT2D eigenvalue weighted by atomic mass is 10.1. The summed E-state index contributed by atoms with van der Waals surface area (Å²) in [5.41, 5.74) is 1.80. The first-order valence-corrected chi connectivity index (χ1v) is 7.79. The van der Waals surface area contributed by atoms with Crippen LogP contribution in [0.1, 0.15) is 25.5 Å². The molecule has 112 valence electrons. The molecular formula is C16H16Cl3NO. The van der Waals surface area contributed by atoms with Crippen molar-refractivity contribution >= 4 is 40.5 Å². The molecule has 0 spiro atoms. The highest BCUT2D eigenvalue weighted by molar-refractivity contribution is 6.44. The van der Waals surface area contributed by atoms with E-state index in [1.807, 2.05) is 38.1 Å². The Kier molecular flexibility index (Phi) is 5.63. The molecule has 0 fully saturated rings. The number of benzene rings is 2. The molecular weight excluding hydrogens is 329 g/mol. The molecule has 1 atom stereocenters. The van der Waals surface area contributed by atoms with Gasteiger partial charge in [0.2, 0.25) is 0 Å². The molecule has 0 aliphatic rings. The summed E-state index contributed by atoms with van der Waals surface area (Å²) < 4.78 is 5.65. The average molecular weight is 345 g/mol. The SMILES string of the molecule is CCOc1ccccc1C(C)Nc1cc(Cl)c(Cl)cc1Cl. The molecule has 0 aromatic heterocycles. The number of rotatable bonds is 5. The number of halogens is 3. The van der Waals surface area contributed by atoms with Gasteiger partial charge in [-0.15, -0.1) is 0 Å². The van der Waals surface area contributed by atoms with E-state index in [0.29, 0.717) is 21.7 Å². The Morgan fingerprint density at radius 1 is 1.05 bits per heavy atom. The molecule has 0 saturated heterocycles. The summed E-state index contributed by atoms with van der Waals surface area (Å²) >= 11 is 18.2. The summed E-state index contributed by atoms with van der Waals surface area (Å²) in [5, 5.41) is 4.78. The lowest BCUT2D eigenvalue weighted by Gasteiger charge is -2.20. The number of nitrogens with one attached hydrogen (secondary N) is 1. The normalized spacial score (nSPS) is 12.0. The summed E-state index contributed by atoms with van der Waals surface area (Å²) in [6.45, 7) is 4.62. The molecule has 0 radical (unpaired) electrons. The Morgan fingerprint density at radius 3 is 2.43 bits per heavy atom. The molecule has 2 nitrogen and oxygen atoms in total. The Morgan fingerprint density at radius 2 is 1.71 bits per heavy atom. The lowest BCUT2D eigenvalue weighted by Crippen LogP contribution is -2.09. The van der Waals surface area contributed by atoms with Crippen LogP contribution >= 0.6 is 34.8 Å². The van der Waals surface area contributed by atoms with Crippen molar-refractivity contribution < 1.29 is 4.74 Å². The van der Waals surface area contributed by atoms with Gasteiger partial charge >= 0.3 is 0 Å². The van der Waals surface area contributed by atoms with E-state index in [1.165, 1.54) is 0 Å². The maximum absolute atomic E-state index is 6.20. The molecule has 2 aromatic rings. The fourth-order valence-electron chi connectivity index (χ4n) is 2.07. The van der Waals surface area contributed by atoms with Gasteiger partial charge in [-0.25, -0.2) is 0 Å². The van der Waals surface area contributed by atoms with E-state index in [1.54, 1.807) is 12.1 Å². The molecule has 2 aromatic carbocycles. The lowest BCUT2D eigenvalue weighted by molar-refractivity contribution is 0.335. The fraction of sp³-hybridized carbons (Fsp3) is 0.250. The highest BCUT2D eigenvalue weighted by Crippen LogP contribution is 2.35. The number of hydrogen-bond acceptors (Lipinski definition) is 2. The van der Waals surface area contributed by atoms with Crippen LogP contribution in [0.25, 0.3) is 0 Å². The molecule has 0 aliphatic heterocycles. The predicted molar refractivity (Wildman–Crippen MR) is 91.1 cm³/mol. The van der Waals surface area contributed by atoms with Crippen LogP contribution in [0.2, 0.25) is 15.1 Å². The van der Waals surface area contributed by atoms with Crippen LogP contribution in [0.5, 0.6) is 5.75 Å². The number of ether oxygens (including phenoxy) is 1. The quantitative estimate of drug-likeness (QED) is 0.650. The molecule has 0 aliphatic carbocycles. The van der Waals surface area contributed by atoms with Crippen molar-refractivity contribution in [1.82, 2.24) is 0 Å². The fourth-order valence-corrected chi connectivity index (χ4v) is 2.67. The predicted octanol–water partition coefficient (Wildman–Crippen LogP) is 6.22. The van der Waals surface area contributed by atoms with Gasteiger partial charge in [0, 0.05) is 5.56 Å². The van der Waals surface area contributed by atoms with Gasteiger partial charge < -0.3 is 10.1 Å². The minimum atomic E-state index is 0.0162. The minimum Gasteiger partial charge on any atom is -0.494 e. The summed E-state index contributed by atoms with van der Waals surface area (Å²) in [5.74, 6) is 0.858. The first kappa shape index (κ1) is 16.3. The van der Waals surface area contributed by atoms with Crippen molar-refractivity contribution in [3.8, 4) is 5.75 Å². The van der Waals surface area contributed by atoms with Crippen molar-refractivity contribution in [2.24, 2.45) is 0 Å². The summed E-state index contributed by atoms with van der Waals surface area (Å²) in [7, 11) is 0. The van der Waals surface area contributed by atoms with Crippen molar-refractivity contribution in [3.63, 3.8) is 0 Å². The third-order valence-corrected chi connectivity index (χ3v) is 4.10. The molecule has 21 heavy (non-hydrogen) atoms. The van der Waals surface area contributed by atoms with Gasteiger partial charge in [-0.1, -0.05) is 53.0 Å². The second-order valence-electron chi connectivity index (χ2n) is 4.58. The zero-order valence-electron chi connectivity index (χ0n) is 11.8. The Bertz CT molecular complexity index is 631. The first-order valence-electron chi connectivity index (χ1n) is 6.65. The summed E-state index contributed by atoms with van der Waals surface area (Å²) in [6.07, 6.45) is 0. The number of hydrogen-bond donors (Lipinski definition) is 1. The monoisotopic (exact) mass is 343 g/mol. The van der Waals surface area contributed by atoms with Crippen molar-refractivity contribution in [1.29, 1.82) is 0 Å². The van der Waals surface area contributed by atoms with Crippen molar-refractivity contribution in [3.05, 3.63) is 57.0 Å². The van der Waals surface area contributed by atoms with Crippen LogP contribution in [0, 0.1) is 0 Å². The summed E-state index contributed by atoms with van der Waals surface area (Å²) in [6, 6.07) is 11.3. The summed E-state index contributed by atoms with van der Waals surface area (Å²) in [4.78, 5) is 0. The van der Waals surface area contributed by atoms with Gasteiger partial charge in [-0.3, -0.25) is 0 Å². The average Bonchev–Trinajstić information content (AvgIpc) is 2.45. The van der Waals surface area contributed by atoms with E-state index in [9.17, 15) is 0 Å². The molecule has 0 amide bonds. The van der Waals surface area contributed by atoms with Gasteiger partial charge in [0.05, 0.1) is 33.4 Å². The third kappa shape index (κ3) is 3.97. The van der Waals surface area contributed by atoms with E-state index < -0.39 is 0 Å².